The third-order valence-corrected chi connectivity index (χ3v) is 3.18. The van der Waals surface area contributed by atoms with Crippen LogP contribution < -0.4 is 10.6 Å². The van der Waals surface area contributed by atoms with Crippen LogP contribution in [0.1, 0.15) is 26.7 Å². The first-order chi connectivity index (χ1) is 9.20. The highest BCUT2D eigenvalue weighted by atomic mass is 16.2. The summed E-state index contributed by atoms with van der Waals surface area (Å²) in [5.74, 6) is 1.58. The number of aromatic nitrogens is 2. The highest BCUT2D eigenvalue weighted by Gasteiger charge is 2.23. The summed E-state index contributed by atoms with van der Waals surface area (Å²) in [6, 6.07) is 1.56. The van der Waals surface area contributed by atoms with Crippen molar-refractivity contribution in [1.29, 1.82) is 0 Å². The fraction of sp³-hybridized carbons (Fsp3) is 0.615. The van der Waals surface area contributed by atoms with Crippen molar-refractivity contribution in [2.24, 2.45) is 0 Å². The lowest BCUT2D eigenvalue weighted by Crippen LogP contribution is -2.39. The van der Waals surface area contributed by atoms with Gasteiger partial charge in [0.25, 0.3) is 0 Å². The van der Waals surface area contributed by atoms with Gasteiger partial charge in [-0.1, -0.05) is 0 Å². The average molecular weight is 263 g/mol. The normalized spacial score (nSPS) is 16.2. The van der Waals surface area contributed by atoms with Gasteiger partial charge in [0, 0.05) is 25.7 Å². The molecular weight excluding hydrogens is 242 g/mol. The lowest BCUT2D eigenvalue weighted by Gasteiger charge is -2.21. The predicted octanol–water partition coefficient (Wildman–Crippen LogP) is 1.33. The molecule has 0 bridgehead atoms. The largest absolute Gasteiger partial charge is 0.370 e. The van der Waals surface area contributed by atoms with E-state index in [-0.39, 0.29) is 11.9 Å². The molecule has 19 heavy (non-hydrogen) atoms. The second kappa shape index (κ2) is 6.36. The maximum Gasteiger partial charge on any atom is 0.244 e. The molecule has 0 aliphatic carbocycles. The molecule has 0 aromatic carbocycles. The molecule has 1 aliphatic heterocycles. The van der Waals surface area contributed by atoms with Crippen molar-refractivity contribution < 1.29 is 4.79 Å². The van der Waals surface area contributed by atoms with Gasteiger partial charge in [0.05, 0.1) is 0 Å². The molecule has 6 heteroatoms. The minimum Gasteiger partial charge on any atom is -0.370 e. The Morgan fingerprint density at radius 1 is 1.37 bits per heavy atom. The molecule has 104 valence electrons. The van der Waals surface area contributed by atoms with Crippen LogP contribution in [0.2, 0.25) is 0 Å². The van der Waals surface area contributed by atoms with Gasteiger partial charge < -0.3 is 15.5 Å². The van der Waals surface area contributed by atoms with Gasteiger partial charge in [-0.05, 0) is 26.7 Å². The molecule has 1 amide bonds. The van der Waals surface area contributed by atoms with Crippen molar-refractivity contribution in [3.05, 3.63) is 12.4 Å². The van der Waals surface area contributed by atoms with Crippen LogP contribution in [0.3, 0.4) is 0 Å². The van der Waals surface area contributed by atoms with E-state index in [1.54, 1.807) is 0 Å². The van der Waals surface area contributed by atoms with Crippen molar-refractivity contribution in [3.63, 3.8) is 0 Å². The summed E-state index contributed by atoms with van der Waals surface area (Å²) >= 11 is 0. The molecule has 1 atom stereocenters. The molecule has 1 aromatic rings. The van der Waals surface area contributed by atoms with Gasteiger partial charge in [-0.25, -0.2) is 9.97 Å². The third kappa shape index (κ3) is 3.56. The minimum atomic E-state index is -0.262. The van der Waals surface area contributed by atoms with Gasteiger partial charge in [0.1, 0.15) is 24.0 Å². The van der Waals surface area contributed by atoms with E-state index in [0.29, 0.717) is 5.82 Å². The van der Waals surface area contributed by atoms with Gasteiger partial charge in [-0.15, -0.1) is 0 Å². The van der Waals surface area contributed by atoms with E-state index >= 15 is 0 Å². The van der Waals surface area contributed by atoms with Gasteiger partial charge >= 0.3 is 0 Å². The molecule has 0 radical (unpaired) electrons. The standard InChI is InChI=1S/C13H21N5O/c1-3-14-11-8-12(16-9-15-11)17-10(2)13(19)18-6-4-5-7-18/h8-10H,3-7H2,1-2H3,(H2,14,15,16,17). The summed E-state index contributed by atoms with van der Waals surface area (Å²) in [6.45, 7) is 6.43. The van der Waals surface area contributed by atoms with E-state index in [1.165, 1.54) is 6.33 Å². The number of carbonyl (C=O) groups excluding carboxylic acids is 1. The SMILES string of the molecule is CCNc1cc(NC(C)C(=O)N2CCCC2)ncn1. The summed E-state index contributed by atoms with van der Waals surface area (Å²) < 4.78 is 0. The maximum atomic E-state index is 12.2. The quantitative estimate of drug-likeness (QED) is 0.838. The molecule has 1 aromatic heterocycles. The molecule has 6 nitrogen and oxygen atoms in total. The van der Waals surface area contributed by atoms with E-state index in [2.05, 4.69) is 20.6 Å². The molecule has 2 N–H and O–H groups in total. The van der Waals surface area contributed by atoms with Crippen LogP contribution in [0.25, 0.3) is 0 Å². The van der Waals surface area contributed by atoms with Crippen molar-refractivity contribution in [3.8, 4) is 0 Å². The zero-order valence-corrected chi connectivity index (χ0v) is 11.5. The Balaban J connectivity index is 1.95. The molecular formula is C13H21N5O. The Kier molecular flexibility index (Phi) is 4.54. The molecule has 1 fully saturated rings. The topological polar surface area (TPSA) is 70.2 Å². The number of amides is 1. The lowest BCUT2D eigenvalue weighted by molar-refractivity contribution is -0.130. The Bertz CT molecular complexity index is 431. The molecule has 1 aliphatic rings. The highest BCUT2D eigenvalue weighted by Crippen LogP contribution is 2.13. The molecule has 2 heterocycles. The van der Waals surface area contributed by atoms with Crippen LogP contribution in [0.4, 0.5) is 11.6 Å². The number of hydrogen-bond acceptors (Lipinski definition) is 5. The highest BCUT2D eigenvalue weighted by molar-refractivity contribution is 5.84. The predicted molar refractivity (Wildman–Crippen MR) is 75.1 cm³/mol. The number of likely N-dealkylation sites (tertiary alicyclic amines) is 1. The number of nitrogens with zero attached hydrogens (tertiary/aromatic N) is 3. The Labute approximate surface area is 113 Å². The van der Waals surface area contributed by atoms with Gasteiger partial charge in [-0.3, -0.25) is 4.79 Å². The minimum absolute atomic E-state index is 0.140. The first-order valence-electron chi connectivity index (χ1n) is 6.82. The van der Waals surface area contributed by atoms with Gasteiger partial charge in [-0.2, -0.15) is 0 Å². The number of anilines is 2. The number of nitrogens with one attached hydrogen (secondary N) is 2. The molecule has 1 saturated heterocycles. The monoisotopic (exact) mass is 263 g/mol. The Morgan fingerprint density at radius 2 is 2.05 bits per heavy atom. The Hall–Kier alpha value is -1.85. The summed E-state index contributed by atoms with van der Waals surface area (Å²) in [6.07, 6.45) is 3.71. The summed E-state index contributed by atoms with van der Waals surface area (Å²) in [7, 11) is 0. The first kappa shape index (κ1) is 13.6. The number of rotatable bonds is 5. The van der Waals surface area contributed by atoms with E-state index in [0.717, 1.165) is 38.3 Å². The fourth-order valence-corrected chi connectivity index (χ4v) is 2.21. The van der Waals surface area contributed by atoms with Crippen LogP contribution in [0.5, 0.6) is 0 Å². The third-order valence-electron chi connectivity index (χ3n) is 3.18. The number of carbonyl (C=O) groups is 1. The van der Waals surface area contributed by atoms with E-state index < -0.39 is 0 Å². The van der Waals surface area contributed by atoms with E-state index in [4.69, 9.17) is 0 Å². The zero-order chi connectivity index (χ0) is 13.7. The molecule has 2 rings (SSSR count). The average Bonchev–Trinajstić information content (AvgIpc) is 2.92. The van der Waals surface area contributed by atoms with Crippen molar-refractivity contribution in [2.45, 2.75) is 32.7 Å². The fourth-order valence-electron chi connectivity index (χ4n) is 2.21. The van der Waals surface area contributed by atoms with Gasteiger partial charge in [0.2, 0.25) is 5.91 Å². The van der Waals surface area contributed by atoms with Crippen molar-refractivity contribution >= 4 is 17.5 Å². The second-order valence-electron chi connectivity index (χ2n) is 4.72. The summed E-state index contributed by atoms with van der Waals surface area (Å²) in [5, 5.41) is 6.25. The van der Waals surface area contributed by atoms with Crippen LogP contribution in [0.15, 0.2) is 12.4 Å². The van der Waals surface area contributed by atoms with Crippen molar-refractivity contribution in [2.75, 3.05) is 30.3 Å². The smallest absolute Gasteiger partial charge is 0.244 e. The van der Waals surface area contributed by atoms with Crippen LogP contribution in [-0.4, -0.2) is 46.5 Å². The van der Waals surface area contributed by atoms with Gasteiger partial charge in [0.15, 0.2) is 0 Å². The van der Waals surface area contributed by atoms with Crippen LogP contribution in [0, 0.1) is 0 Å². The molecule has 1 unspecified atom stereocenters. The lowest BCUT2D eigenvalue weighted by atomic mass is 10.3. The molecule has 0 spiro atoms. The van der Waals surface area contributed by atoms with Crippen LogP contribution in [-0.2, 0) is 4.79 Å². The second-order valence-corrected chi connectivity index (χ2v) is 4.72. The summed E-state index contributed by atoms with van der Waals surface area (Å²) in [5.41, 5.74) is 0. The molecule has 0 saturated carbocycles. The zero-order valence-electron chi connectivity index (χ0n) is 11.5. The number of hydrogen-bond donors (Lipinski definition) is 2. The Morgan fingerprint density at radius 3 is 2.74 bits per heavy atom. The van der Waals surface area contributed by atoms with Crippen LogP contribution >= 0.6 is 0 Å². The van der Waals surface area contributed by atoms with E-state index in [1.807, 2.05) is 24.8 Å². The maximum absolute atomic E-state index is 12.2. The first-order valence-corrected chi connectivity index (χ1v) is 6.82. The van der Waals surface area contributed by atoms with E-state index in [9.17, 15) is 4.79 Å². The van der Waals surface area contributed by atoms with Crippen molar-refractivity contribution in [1.82, 2.24) is 14.9 Å². The summed E-state index contributed by atoms with van der Waals surface area (Å²) in [4.78, 5) is 22.3.